The van der Waals surface area contributed by atoms with Gasteiger partial charge in [-0.2, -0.15) is 0 Å². The first-order valence-corrected chi connectivity index (χ1v) is 9.02. The number of rotatable bonds is 6. The van der Waals surface area contributed by atoms with Gasteiger partial charge in [0.05, 0.1) is 30.2 Å². The lowest BCUT2D eigenvalue weighted by atomic mass is 10.1. The van der Waals surface area contributed by atoms with Crippen LogP contribution in [0.1, 0.15) is 16.8 Å². The van der Waals surface area contributed by atoms with Crippen LogP contribution in [0.4, 0.5) is 11.6 Å². The van der Waals surface area contributed by atoms with Gasteiger partial charge in [-0.1, -0.05) is 18.2 Å². The van der Waals surface area contributed by atoms with Crippen LogP contribution < -0.4 is 15.4 Å². The minimum absolute atomic E-state index is 0.0539. The van der Waals surface area contributed by atoms with Crippen molar-refractivity contribution in [2.45, 2.75) is 12.5 Å². The Hall–Kier alpha value is -3.13. The van der Waals surface area contributed by atoms with Crippen LogP contribution >= 0.6 is 11.6 Å². The molecule has 2 N–H and O–H groups in total. The second-order valence-corrected chi connectivity index (χ2v) is 6.65. The smallest absolute Gasteiger partial charge is 0.254 e. The third-order valence-corrected chi connectivity index (χ3v) is 4.52. The molecular weight excluding hydrogens is 382 g/mol. The number of benzene rings is 1. The quantitative estimate of drug-likeness (QED) is 0.722. The highest BCUT2D eigenvalue weighted by molar-refractivity contribution is 6.30. The molecule has 1 saturated heterocycles. The molecule has 2 heterocycles. The van der Waals surface area contributed by atoms with E-state index in [0.717, 1.165) is 6.42 Å². The molecule has 0 saturated carbocycles. The van der Waals surface area contributed by atoms with Gasteiger partial charge in [-0.25, -0.2) is 9.97 Å². The zero-order chi connectivity index (χ0) is 20.1. The fourth-order valence-electron chi connectivity index (χ4n) is 2.93. The summed E-state index contributed by atoms with van der Waals surface area (Å²) in [5.74, 6) is 0.425. The molecule has 146 valence electrons. The molecule has 3 rings (SSSR count). The van der Waals surface area contributed by atoms with Crippen molar-refractivity contribution >= 4 is 35.1 Å². The van der Waals surface area contributed by atoms with Crippen molar-refractivity contribution in [1.82, 2.24) is 14.9 Å². The molecule has 0 spiro atoms. The van der Waals surface area contributed by atoms with Gasteiger partial charge in [-0.15, -0.1) is 0 Å². The van der Waals surface area contributed by atoms with Crippen LogP contribution in [-0.2, 0) is 4.79 Å². The first kappa shape index (κ1) is 19.6. The molecule has 9 heteroatoms. The lowest BCUT2D eigenvalue weighted by Gasteiger charge is -2.18. The number of nitrogens with zero attached hydrogens (tertiary/aromatic N) is 3. The summed E-state index contributed by atoms with van der Waals surface area (Å²) >= 11 is 5.79. The van der Waals surface area contributed by atoms with Crippen LogP contribution in [0.2, 0.25) is 5.02 Å². The normalized spacial score (nSPS) is 15.8. The molecule has 8 nitrogen and oxygen atoms in total. The van der Waals surface area contributed by atoms with E-state index in [-0.39, 0.29) is 17.9 Å². The molecule has 2 amide bonds. The van der Waals surface area contributed by atoms with E-state index in [2.05, 4.69) is 27.2 Å². The number of likely N-dealkylation sites (tertiary alicyclic amines) is 1. The van der Waals surface area contributed by atoms with Gasteiger partial charge < -0.3 is 20.3 Å². The van der Waals surface area contributed by atoms with Gasteiger partial charge in [-0.3, -0.25) is 9.59 Å². The summed E-state index contributed by atoms with van der Waals surface area (Å²) in [5.41, 5.74) is 0.960. The molecule has 0 bridgehead atoms. The van der Waals surface area contributed by atoms with E-state index in [9.17, 15) is 9.59 Å². The maximum Gasteiger partial charge on any atom is 0.254 e. The lowest BCUT2D eigenvalue weighted by Crippen LogP contribution is -2.31. The standard InChI is InChI=1S/C19H20ClN5O3/c1-3-17(26)24-15-5-4-12(8-16(15)28-2)18(27)25-7-6-14(11-25)23-19-21-9-13(20)10-22-19/h3-5,8-10,14H,1,6-7,11H2,2H3,(H,24,26)(H,21,22,23)/t14-/m0/s1. The summed E-state index contributed by atoms with van der Waals surface area (Å²) in [6.07, 6.45) is 4.99. The Morgan fingerprint density at radius 3 is 2.79 bits per heavy atom. The Morgan fingerprint density at radius 2 is 2.11 bits per heavy atom. The topological polar surface area (TPSA) is 96.5 Å². The SMILES string of the molecule is C=CC(=O)Nc1ccc(C(=O)N2CC[C@H](Nc3ncc(Cl)cn3)C2)cc1OC. The van der Waals surface area contributed by atoms with Gasteiger partial charge in [0.25, 0.3) is 5.91 Å². The fourth-order valence-corrected chi connectivity index (χ4v) is 3.02. The molecule has 1 fully saturated rings. The first-order chi connectivity index (χ1) is 13.5. The van der Waals surface area contributed by atoms with Crippen molar-refractivity contribution in [2.75, 3.05) is 30.8 Å². The molecule has 1 aromatic carbocycles. The van der Waals surface area contributed by atoms with Gasteiger partial charge in [0.2, 0.25) is 11.9 Å². The minimum atomic E-state index is -0.352. The zero-order valence-electron chi connectivity index (χ0n) is 15.3. The number of methoxy groups -OCH3 is 1. The predicted molar refractivity (Wildman–Crippen MR) is 107 cm³/mol. The maximum atomic E-state index is 12.8. The summed E-state index contributed by atoms with van der Waals surface area (Å²) in [4.78, 5) is 34.3. The molecule has 2 aromatic rings. The third kappa shape index (κ3) is 4.58. The Balaban J connectivity index is 1.66. The molecule has 28 heavy (non-hydrogen) atoms. The Morgan fingerprint density at radius 1 is 1.36 bits per heavy atom. The van der Waals surface area contributed by atoms with Crippen molar-refractivity contribution in [1.29, 1.82) is 0 Å². The van der Waals surface area contributed by atoms with Crippen LogP contribution in [0.15, 0.2) is 43.2 Å². The number of amides is 2. The van der Waals surface area contributed by atoms with E-state index in [0.29, 0.717) is 41.1 Å². The van der Waals surface area contributed by atoms with Gasteiger partial charge in [0.15, 0.2) is 0 Å². The van der Waals surface area contributed by atoms with E-state index in [4.69, 9.17) is 16.3 Å². The highest BCUT2D eigenvalue weighted by atomic mass is 35.5. The van der Waals surface area contributed by atoms with Crippen LogP contribution in [0.25, 0.3) is 0 Å². The van der Waals surface area contributed by atoms with Crippen molar-refractivity contribution < 1.29 is 14.3 Å². The molecule has 0 aliphatic carbocycles. The summed E-state index contributed by atoms with van der Waals surface area (Å²) in [6, 6.07) is 4.97. The largest absolute Gasteiger partial charge is 0.495 e. The van der Waals surface area contributed by atoms with E-state index in [1.54, 1.807) is 23.1 Å². The van der Waals surface area contributed by atoms with E-state index < -0.39 is 0 Å². The number of anilines is 2. The predicted octanol–water partition coefficient (Wildman–Crippen LogP) is 2.59. The number of carbonyl (C=O) groups excluding carboxylic acids is 2. The minimum Gasteiger partial charge on any atom is -0.495 e. The van der Waals surface area contributed by atoms with Crippen molar-refractivity contribution in [3.8, 4) is 5.75 Å². The van der Waals surface area contributed by atoms with E-state index in [1.807, 2.05) is 0 Å². The highest BCUT2D eigenvalue weighted by Crippen LogP contribution is 2.27. The monoisotopic (exact) mass is 401 g/mol. The number of hydrogen-bond acceptors (Lipinski definition) is 6. The fraction of sp³-hybridized carbons (Fsp3) is 0.263. The van der Waals surface area contributed by atoms with E-state index >= 15 is 0 Å². The number of hydrogen-bond donors (Lipinski definition) is 2. The van der Waals surface area contributed by atoms with Crippen molar-refractivity contribution in [3.05, 3.63) is 53.8 Å². The summed E-state index contributed by atoms with van der Waals surface area (Å²) in [5, 5.41) is 6.32. The molecule has 1 atom stereocenters. The maximum absolute atomic E-state index is 12.8. The van der Waals surface area contributed by atoms with Crippen LogP contribution in [0.5, 0.6) is 5.75 Å². The third-order valence-electron chi connectivity index (χ3n) is 4.32. The van der Waals surface area contributed by atoms with Crippen molar-refractivity contribution in [3.63, 3.8) is 0 Å². The van der Waals surface area contributed by atoms with Gasteiger partial charge in [0.1, 0.15) is 5.75 Å². The number of carbonyl (C=O) groups is 2. The average molecular weight is 402 g/mol. The molecule has 1 aliphatic heterocycles. The first-order valence-electron chi connectivity index (χ1n) is 8.65. The number of ether oxygens (including phenoxy) is 1. The van der Waals surface area contributed by atoms with Gasteiger partial charge >= 0.3 is 0 Å². The second-order valence-electron chi connectivity index (χ2n) is 6.21. The number of halogens is 1. The molecule has 0 unspecified atom stereocenters. The molecule has 1 aliphatic rings. The summed E-state index contributed by atoms with van der Waals surface area (Å²) in [6.45, 7) is 4.56. The van der Waals surface area contributed by atoms with Gasteiger partial charge in [0, 0.05) is 24.7 Å². The summed E-state index contributed by atoms with van der Waals surface area (Å²) in [7, 11) is 1.48. The van der Waals surface area contributed by atoms with Crippen molar-refractivity contribution in [2.24, 2.45) is 0 Å². The lowest BCUT2D eigenvalue weighted by molar-refractivity contribution is -0.111. The van der Waals surface area contributed by atoms with Crippen LogP contribution in [0, 0.1) is 0 Å². The molecule has 0 radical (unpaired) electrons. The Bertz CT molecular complexity index is 888. The number of aromatic nitrogens is 2. The number of nitrogens with one attached hydrogen (secondary N) is 2. The Kier molecular flexibility index (Phi) is 6.10. The molecular formula is C19H20ClN5O3. The second kappa shape index (κ2) is 8.71. The molecule has 1 aromatic heterocycles. The van der Waals surface area contributed by atoms with Crippen LogP contribution in [0.3, 0.4) is 0 Å². The van der Waals surface area contributed by atoms with Crippen LogP contribution in [-0.4, -0.2) is 52.9 Å². The average Bonchev–Trinajstić information content (AvgIpc) is 3.17. The Labute approximate surface area is 167 Å². The summed E-state index contributed by atoms with van der Waals surface area (Å²) < 4.78 is 5.29. The van der Waals surface area contributed by atoms with Gasteiger partial charge in [-0.05, 0) is 30.7 Å². The highest BCUT2D eigenvalue weighted by Gasteiger charge is 2.28. The van der Waals surface area contributed by atoms with E-state index in [1.165, 1.54) is 25.6 Å². The zero-order valence-corrected chi connectivity index (χ0v) is 16.1.